The summed E-state index contributed by atoms with van der Waals surface area (Å²) in [6, 6.07) is 10.4. The average molecular weight is 387 g/mol. The molecule has 0 radical (unpaired) electrons. The quantitative estimate of drug-likeness (QED) is 0.750. The van der Waals surface area contributed by atoms with Crippen molar-refractivity contribution in [2.45, 2.75) is 13.8 Å². The Morgan fingerprint density at radius 1 is 1.07 bits per heavy atom. The number of anilines is 2. The van der Waals surface area contributed by atoms with Crippen LogP contribution < -0.4 is 20.1 Å². The van der Waals surface area contributed by atoms with Gasteiger partial charge in [0.2, 0.25) is 18.6 Å². The summed E-state index contributed by atoms with van der Waals surface area (Å²) >= 11 is 6.12. The molecule has 0 spiro atoms. The Labute approximate surface area is 162 Å². The molecule has 0 saturated carbocycles. The Hall–Kier alpha value is -2.99. The van der Waals surface area contributed by atoms with Gasteiger partial charge in [0.1, 0.15) is 0 Å². The van der Waals surface area contributed by atoms with Crippen LogP contribution in [0.4, 0.5) is 11.4 Å². The molecular formula is C20H19ClN2O4. The van der Waals surface area contributed by atoms with E-state index >= 15 is 0 Å². The summed E-state index contributed by atoms with van der Waals surface area (Å²) in [7, 11) is 0. The number of benzene rings is 2. The Morgan fingerprint density at radius 3 is 2.41 bits per heavy atom. The lowest BCUT2D eigenvalue weighted by molar-refractivity contribution is -0.119. The summed E-state index contributed by atoms with van der Waals surface area (Å²) < 4.78 is 10.6. The number of hydrogen-bond donors (Lipinski definition) is 2. The topological polar surface area (TPSA) is 76.7 Å². The standard InChI is InChI=1S/C20H19ClN2O4/c1-12(2)20(25)23-15-6-4-14(5-7-15)22-18(24)8-3-13-9-16(21)19-17(10-13)26-11-27-19/h3-10,12H,11H2,1-2H3,(H,22,24)(H,23,25)/b8-3+. The molecule has 140 valence electrons. The van der Waals surface area contributed by atoms with Gasteiger partial charge in [-0.1, -0.05) is 25.4 Å². The van der Waals surface area contributed by atoms with Crippen LogP contribution in [0.1, 0.15) is 19.4 Å². The van der Waals surface area contributed by atoms with E-state index in [-0.39, 0.29) is 24.5 Å². The van der Waals surface area contributed by atoms with E-state index in [0.29, 0.717) is 27.9 Å². The molecule has 2 aromatic rings. The first-order valence-electron chi connectivity index (χ1n) is 8.41. The number of amides is 2. The molecular weight excluding hydrogens is 368 g/mol. The first kappa shape index (κ1) is 18.8. The third-order valence-corrected chi connectivity index (χ3v) is 4.10. The zero-order valence-electron chi connectivity index (χ0n) is 14.9. The maximum atomic E-state index is 12.1. The van der Waals surface area contributed by atoms with Crippen molar-refractivity contribution in [3.63, 3.8) is 0 Å². The van der Waals surface area contributed by atoms with Crippen LogP contribution in [-0.2, 0) is 9.59 Å². The highest BCUT2D eigenvalue weighted by atomic mass is 35.5. The Balaban J connectivity index is 1.60. The molecule has 6 nitrogen and oxygen atoms in total. The van der Waals surface area contributed by atoms with Crippen LogP contribution >= 0.6 is 11.6 Å². The molecule has 2 aromatic carbocycles. The van der Waals surface area contributed by atoms with E-state index < -0.39 is 0 Å². The lowest BCUT2D eigenvalue weighted by Crippen LogP contribution is -2.17. The smallest absolute Gasteiger partial charge is 0.248 e. The largest absolute Gasteiger partial charge is 0.454 e. The van der Waals surface area contributed by atoms with Gasteiger partial charge in [0.05, 0.1) is 5.02 Å². The molecule has 0 aromatic heterocycles. The summed E-state index contributed by atoms with van der Waals surface area (Å²) in [4.78, 5) is 23.8. The van der Waals surface area contributed by atoms with Crippen LogP contribution in [0.25, 0.3) is 6.08 Å². The van der Waals surface area contributed by atoms with E-state index in [1.807, 2.05) is 13.8 Å². The molecule has 0 atom stereocenters. The second-order valence-electron chi connectivity index (χ2n) is 6.28. The normalized spacial score (nSPS) is 12.4. The third-order valence-electron chi connectivity index (χ3n) is 3.82. The van der Waals surface area contributed by atoms with Gasteiger partial charge < -0.3 is 20.1 Å². The molecule has 2 amide bonds. The van der Waals surface area contributed by atoms with Crippen molar-refractivity contribution in [3.8, 4) is 11.5 Å². The number of halogens is 1. The summed E-state index contributed by atoms with van der Waals surface area (Å²) in [6.45, 7) is 3.78. The maximum absolute atomic E-state index is 12.1. The zero-order valence-corrected chi connectivity index (χ0v) is 15.7. The Bertz CT molecular complexity index is 892. The van der Waals surface area contributed by atoms with E-state index in [1.54, 1.807) is 42.5 Å². The number of ether oxygens (including phenoxy) is 2. The molecule has 1 aliphatic heterocycles. The van der Waals surface area contributed by atoms with Crippen LogP contribution in [0, 0.1) is 5.92 Å². The van der Waals surface area contributed by atoms with Crippen molar-refractivity contribution >= 4 is 40.9 Å². The second kappa shape index (κ2) is 8.14. The van der Waals surface area contributed by atoms with Gasteiger partial charge >= 0.3 is 0 Å². The predicted octanol–water partition coefficient (Wildman–Crippen LogP) is 4.32. The SMILES string of the molecule is CC(C)C(=O)Nc1ccc(NC(=O)/C=C/c2cc(Cl)c3c(c2)OCO3)cc1. The molecule has 0 bridgehead atoms. The number of carbonyl (C=O) groups is 2. The van der Waals surface area contributed by atoms with E-state index in [1.165, 1.54) is 6.08 Å². The molecule has 0 saturated heterocycles. The molecule has 1 heterocycles. The van der Waals surface area contributed by atoms with Crippen LogP contribution in [0.15, 0.2) is 42.5 Å². The molecule has 7 heteroatoms. The van der Waals surface area contributed by atoms with E-state index in [9.17, 15) is 9.59 Å². The van der Waals surface area contributed by atoms with Gasteiger partial charge in [0.25, 0.3) is 0 Å². The van der Waals surface area contributed by atoms with Gasteiger partial charge in [-0.3, -0.25) is 9.59 Å². The minimum absolute atomic E-state index is 0.0582. The fraction of sp³-hybridized carbons (Fsp3) is 0.200. The van der Waals surface area contributed by atoms with Gasteiger partial charge in [-0.2, -0.15) is 0 Å². The first-order valence-corrected chi connectivity index (χ1v) is 8.79. The van der Waals surface area contributed by atoms with Gasteiger partial charge in [-0.05, 0) is 48.0 Å². The number of fused-ring (bicyclic) bond motifs is 1. The monoisotopic (exact) mass is 386 g/mol. The zero-order chi connectivity index (χ0) is 19.4. The molecule has 27 heavy (non-hydrogen) atoms. The first-order chi connectivity index (χ1) is 12.9. The van der Waals surface area contributed by atoms with Crippen LogP contribution in [-0.4, -0.2) is 18.6 Å². The van der Waals surface area contributed by atoms with Gasteiger partial charge in [-0.25, -0.2) is 0 Å². The Kier molecular flexibility index (Phi) is 5.66. The minimum atomic E-state index is -0.289. The number of nitrogens with one attached hydrogen (secondary N) is 2. The third kappa shape index (κ3) is 4.80. The van der Waals surface area contributed by atoms with Gasteiger partial charge in [-0.15, -0.1) is 0 Å². The van der Waals surface area contributed by atoms with Crippen molar-refractivity contribution in [3.05, 3.63) is 53.1 Å². The van der Waals surface area contributed by atoms with E-state index in [4.69, 9.17) is 21.1 Å². The van der Waals surface area contributed by atoms with Crippen molar-refractivity contribution in [1.29, 1.82) is 0 Å². The van der Waals surface area contributed by atoms with Crippen molar-refractivity contribution in [1.82, 2.24) is 0 Å². The summed E-state index contributed by atoms with van der Waals surface area (Å²) in [5.74, 6) is 0.628. The summed E-state index contributed by atoms with van der Waals surface area (Å²) in [6.07, 6.45) is 3.04. The van der Waals surface area contributed by atoms with Crippen molar-refractivity contribution < 1.29 is 19.1 Å². The highest BCUT2D eigenvalue weighted by Crippen LogP contribution is 2.40. The predicted molar refractivity (Wildman–Crippen MR) is 105 cm³/mol. The fourth-order valence-electron chi connectivity index (χ4n) is 2.36. The lowest BCUT2D eigenvalue weighted by atomic mass is 10.2. The molecule has 2 N–H and O–H groups in total. The lowest BCUT2D eigenvalue weighted by Gasteiger charge is -2.08. The number of rotatable bonds is 5. The molecule has 1 aliphatic rings. The van der Waals surface area contributed by atoms with Crippen LogP contribution in [0.2, 0.25) is 5.02 Å². The maximum Gasteiger partial charge on any atom is 0.248 e. The summed E-state index contributed by atoms with van der Waals surface area (Å²) in [5, 5.41) is 5.98. The molecule has 0 unspecified atom stereocenters. The molecule has 0 aliphatic carbocycles. The van der Waals surface area contributed by atoms with Gasteiger partial charge in [0, 0.05) is 23.4 Å². The molecule has 0 fully saturated rings. The van der Waals surface area contributed by atoms with Crippen LogP contribution in [0.3, 0.4) is 0 Å². The van der Waals surface area contributed by atoms with Crippen molar-refractivity contribution in [2.75, 3.05) is 17.4 Å². The minimum Gasteiger partial charge on any atom is -0.454 e. The second-order valence-corrected chi connectivity index (χ2v) is 6.69. The summed E-state index contributed by atoms with van der Waals surface area (Å²) in [5.41, 5.74) is 2.03. The highest BCUT2D eigenvalue weighted by Gasteiger charge is 2.17. The van der Waals surface area contributed by atoms with Gasteiger partial charge in [0.15, 0.2) is 11.5 Å². The average Bonchev–Trinajstić information content (AvgIpc) is 3.11. The van der Waals surface area contributed by atoms with E-state index in [0.717, 1.165) is 5.56 Å². The van der Waals surface area contributed by atoms with E-state index in [2.05, 4.69) is 10.6 Å². The molecule has 3 rings (SSSR count). The number of hydrogen-bond acceptors (Lipinski definition) is 4. The van der Waals surface area contributed by atoms with Crippen LogP contribution in [0.5, 0.6) is 11.5 Å². The highest BCUT2D eigenvalue weighted by molar-refractivity contribution is 6.32. The fourth-order valence-corrected chi connectivity index (χ4v) is 2.64. The number of carbonyl (C=O) groups excluding carboxylic acids is 2. The van der Waals surface area contributed by atoms with Crippen molar-refractivity contribution in [2.24, 2.45) is 5.92 Å². The Morgan fingerprint density at radius 2 is 1.74 bits per heavy atom.